The van der Waals surface area contributed by atoms with Crippen molar-refractivity contribution in [1.82, 2.24) is 0 Å². The average molecular weight is 249 g/mol. The van der Waals surface area contributed by atoms with Gasteiger partial charge in [-0.1, -0.05) is 6.42 Å². The second-order valence-electron chi connectivity index (χ2n) is 6.60. The zero-order valence-electron chi connectivity index (χ0n) is 11.6. The largest absolute Gasteiger partial charge is 0.461 e. The molecule has 4 unspecified atom stereocenters. The van der Waals surface area contributed by atoms with Crippen LogP contribution in [-0.2, 0) is 9.53 Å². The normalized spacial score (nSPS) is 32.0. The zero-order valence-corrected chi connectivity index (χ0v) is 11.6. The summed E-state index contributed by atoms with van der Waals surface area (Å²) >= 11 is 0. The van der Waals surface area contributed by atoms with Crippen LogP contribution in [0.3, 0.4) is 0 Å². The van der Waals surface area contributed by atoms with Crippen molar-refractivity contribution in [3.63, 3.8) is 0 Å². The molecule has 0 aliphatic heterocycles. The standard InChI is InChI=1S/C15H23NO2/c1-10(15(2,3)9-16)18-14(17)8-13-7-11-4-5-12(13)6-11/h10-13H,4-8H2,1-3H3. The molecule has 0 aromatic heterocycles. The van der Waals surface area contributed by atoms with Gasteiger partial charge in [-0.15, -0.1) is 0 Å². The van der Waals surface area contributed by atoms with Gasteiger partial charge in [-0.05, 0) is 57.8 Å². The van der Waals surface area contributed by atoms with Gasteiger partial charge in [0.15, 0.2) is 0 Å². The molecule has 2 aliphatic carbocycles. The Balaban J connectivity index is 1.81. The number of nitrogens with zero attached hydrogens (tertiary/aromatic N) is 1. The minimum absolute atomic E-state index is 0.122. The fourth-order valence-electron chi connectivity index (χ4n) is 3.32. The first-order chi connectivity index (χ1) is 8.42. The molecule has 0 aromatic rings. The Bertz CT molecular complexity index is 369. The maximum atomic E-state index is 11.9. The van der Waals surface area contributed by atoms with Crippen molar-refractivity contribution in [2.75, 3.05) is 0 Å². The van der Waals surface area contributed by atoms with Crippen LogP contribution in [0, 0.1) is 34.5 Å². The Morgan fingerprint density at radius 1 is 1.44 bits per heavy atom. The average Bonchev–Trinajstić information content (AvgIpc) is 2.90. The molecule has 0 radical (unpaired) electrons. The number of esters is 1. The lowest BCUT2D eigenvalue weighted by molar-refractivity contribution is -0.153. The van der Waals surface area contributed by atoms with Crippen LogP contribution in [-0.4, -0.2) is 12.1 Å². The summed E-state index contributed by atoms with van der Waals surface area (Å²) in [5.41, 5.74) is -0.607. The number of carbonyl (C=O) groups excluding carboxylic acids is 1. The summed E-state index contributed by atoms with van der Waals surface area (Å²) in [6.45, 7) is 5.42. The summed E-state index contributed by atoms with van der Waals surface area (Å²) in [5, 5.41) is 9.01. The predicted octanol–water partition coefficient (Wildman–Crippen LogP) is 3.29. The first-order valence-corrected chi connectivity index (χ1v) is 7.03. The summed E-state index contributed by atoms with van der Waals surface area (Å²) in [5.74, 6) is 2.03. The molecule has 2 fully saturated rings. The molecule has 18 heavy (non-hydrogen) atoms. The van der Waals surface area contributed by atoms with E-state index >= 15 is 0 Å². The fourth-order valence-corrected chi connectivity index (χ4v) is 3.32. The lowest BCUT2D eigenvalue weighted by Gasteiger charge is -2.26. The van der Waals surface area contributed by atoms with Crippen molar-refractivity contribution in [2.45, 2.75) is 59.0 Å². The van der Waals surface area contributed by atoms with Crippen molar-refractivity contribution >= 4 is 5.97 Å². The Hall–Kier alpha value is -1.04. The Morgan fingerprint density at radius 2 is 2.17 bits per heavy atom. The third-order valence-electron chi connectivity index (χ3n) is 4.93. The van der Waals surface area contributed by atoms with Crippen molar-refractivity contribution < 1.29 is 9.53 Å². The molecule has 2 saturated carbocycles. The molecule has 2 rings (SSSR count). The summed E-state index contributed by atoms with van der Waals surface area (Å²) in [6.07, 6.45) is 5.38. The Morgan fingerprint density at radius 3 is 2.67 bits per heavy atom. The molecule has 2 bridgehead atoms. The van der Waals surface area contributed by atoms with E-state index < -0.39 is 5.41 Å². The van der Waals surface area contributed by atoms with Crippen molar-refractivity contribution in [3.05, 3.63) is 0 Å². The third kappa shape index (κ3) is 2.68. The molecule has 3 heteroatoms. The minimum Gasteiger partial charge on any atom is -0.461 e. The minimum atomic E-state index is -0.607. The fraction of sp³-hybridized carbons (Fsp3) is 0.867. The van der Waals surface area contributed by atoms with Gasteiger partial charge in [-0.2, -0.15) is 5.26 Å². The molecular weight excluding hydrogens is 226 g/mol. The lowest BCUT2D eigenvalue weighted by atomic mass is 9.86. The molecule has 0 saturated heterocycles. The van der Waals surface area contributed by atoms with E-state index in [1.54, 1.807) is 0 Å². The molecule has 0 aromatic carbocycles. The van der Waals surface area contributed by atoms with Crippen LogP contribution in [0.5, 0.6) is 0 Å². The summed E-state index contributed by atoms with van der Waals surface area (Å²) < 4.78 is 5.41. The van der Waals surface area contributed by atoms with Gasteiger partial charge >= 0.3 is 5.97 Å². The van der Waals surface area contributed by atoms with E-state index in [4.69, 9.17) is 10.00 Å². The Kier molecular flexibility index (Phi) is 3.66. The van der Waals surface area contributed by atoms with Crippen LogP contribution in [0.4, 0.5) is 0 Å². The van der Waals surface area contributed by atoms with Gasteiger partial charge in [0.1, 0.15) is 6.10 Å². The molecule has 0 spiro atoms. The van der Waals surface area contributed by atoms with Gasteiger partial charge < -0.3 is 4.74 Å². The molecule has 4 atom stereocenters. The van der Waals surface area contributed by atoms with Crippen LogP contribution >= 0.6 is 0 Å². The van der Waals surface area contributed by atoms with Crippen LogP contribution in [0.1, 0.15) is 52.9 Å². The van der Waals surface area contributed by atoms with Crippen molar-refractivity contribution in [3.8, 4) is 6.07 Å². The van der Waals surface area contributed by atoms with Crippen LogP contribution in [0.2, 0.25) is 0 Å². The lowest BCUT2D eigenvalue weighted by Crippen LogP contribution is -2.31. The maximum absolute atomic E-state index is 11.9. The van der Waals surface area contributed by atoms with Gasteiger partial charge in [-0.3, -0.25) is 4.79 Å². The Labute approximate surface area is 110 Å². The third-order valence-corrected chi connectivity index (χ3v) is 4.93. The summed E-state index contributed by atoms with van der Waals surface area (Å²) in [7, 11) is 0. The number of carbonyl (C=O) groups is 1. The highest BCUT2D eigenvalue weighted by molar-refractivity contribution is 5.70. The SMILES string of the molecule is CC(OC(=O)CC1CC2CCC1C2)C(C)(C)C#N. The van der Waals surface area contributed by atoms with Crippen LogP contribution in [0.25, 0.3) is 0 Å². The van der Waals surface area contributed by atoms with E-state index in [1.165, 1.54) is 25.7 Å². The molecule has 0 N–H and O–H groups in total. The zero-order chi connectivity index (χ0) is 13.3. The number of ether oxygens (including phenoxy) is 1. The molecule has 3 nitrogen and oxygen atoms in total. The highest BCUT2D eigenvalue weighted by Gasteiger charge is 2.41. The van der Waals surface area contributed by atoms with E-state index in [2.05, 4.69) is 6.07 Å². The molecule has 0 heterocycles. The number of hydrogen-bond acceptors (Lipinski definition) is 3. The second kappa shape index (κ2) is 4.91. The number of nitriles is 1. The first-order valence-electron chi connectivity index (χ1n) is 7.03. The number of rotatable bonds is 4. The number of hydrogen-bond donors (Lipinski definition) is 0. The van der Waals surface area contributed by atoms with E-state index in [-0.39, 0.29) is 12.1 Å². The monoisotopic (exact) mass is 249 g/mol. The maximum Gasteiger partial charge on any atom is 0.306 e. The smallest absolute Gasteiger partial charge is 0.306 e. The topological polar surface area (TPSA) is 50.1 Å². The highest BCUT2D eigenvalue weighted by Crippen LogP contribution is 2.49. The van der Waals surface area contributed by atoms with Gasteiger partial charge in [0.2, 0.25) is 0 Å². The van der Waals surface area contributed by atoms with E-state index in [0.29, 0.717) is 12.3 Å². The quantitative estimate of drug-likeness (QED) is 0.718. The second-order valence-corrected chi connectivity index (χ2v) is 6.60. The van der Waals surface area contributed by atoms with Crippen molar-refractivity contribution in [1.29, 1.82) is 5.26 Å². The molecule has 2 aliphatic rings. The van der Waals surface area contributed by atoms with Crippen LogP contribution in [0.15, 0.2) is 0 Å². The predicted molar refractivity (Wildman–Crippen MR) is 68.5 cm³/mol. The van der Waals surface area contributed by atoms with Gasteiger partial charge in [0.05, 0.1) is 11.5 Å². The van der Waals surface area contributed by atoms with E-state index in [9.17, 15) is 4.79 Å². The number of fused-ring (bicyclic) bond motifs is 2. The van der Waals surface area contributed by atoms with Gasteiger partial charge in [-0.25, -0.2) is 0 Å². The first kappa shape index (κ1) is 13.4. The van der Waals surface area contributed by atoms with Gasteiger partial charge in [0, 0.05) is 6.42 Å². The molecule has 0 amide bonds. The summed E-state index contributed by atoms with van der Waals surface area (Å²) in [4.78, 5) is 11.9. The molecule has 100 valence electrons. The van der Waals surface area contributed by atoms with Gasteiger partial charge in [0.25, 0.3) is 0 Å². The van der Waals surface area contributed by atoms with E-state index in [0.717, 1.165) is 11.8 Å². The van der Waals surface area contributed by atoms with Crippen molar-refractivity contribution in [2.24, 2.45) is 23.2 Å². The highest BCUT2D eigenvalue weighted by atomic mass is 16.5. The van der Waals surface area contributed by atoms with E-state index in [1.807, 2.05) is 20.8 Å². The molecular formula is C15H23NO2. The van der Waals surface area contributed by atoms with Crippen LogP contribution < -0.4 is 0 Å². The summed E-state index contributed by atoms with van der Waals surface area (Å²) in [6, 6.07) is 2.19.